The average Bonchev–Trinajstić information content (AvgIpc) is 1.83. The zero-order chi connectivity index (χ0) is 7.28. The van der Waals surface area contributed by atoms with Crippen LogP contribution in [0, 0.1) is 0 Å². The lowest BCUT2D eigenvalue weighted by Crippen LogP contribution is -2.03. The quantitative estimate of drug-likeness (QED) is 0.579. The summed E-state index contributed by atoms with van der Waals surface area (Å²) in [5.74, 6) is 0. The predicted molar refractivity (Wildman–Crippen MR) is 36.0 cm³/mol. The molecule has 0 saturated heterocycles. The Balaban J connectivity index is 3.37. The molecule has 2 heteroatoms. The van der Waals surface area contributed by atoms with Gasteiger partial charge in [0, 0.05) is 0 Å². The molecule has 0 saturated carbocycles. The van der Waals surface area contributed by atoms with Gasteiger partial charge in [0.1, 0.15) is 6.17 Å². The standard InChI is InChI=1S/C7H13FO/c1-6(2)3-4-7(8)5-9/h3,7,9H,4-5H2,1-2H3/t7-/m1/s1. The van der Waals surface area contributed by atoms with Gasteiger partial charge in [-0.3, -0.25) is 0 Å². The van der Waals surface area contributed by atoms with Crippen molar-refractivity contribution in [2.24, 2.45) is 0 Å². The molecule has 0 rings (SSSR count). The van der Waals surface area contributed by atoms with Crippen molar-refractivity contribution in [3.8, 4) is 0 Å². The summed E-state index contributed by atoms with van der Waals surface area (Å²) in [4.78, 5) is 0. The van der Waals surface area contributed by atoms with Crippen LogP contribution in [0.1, 0.15) is 20.3 Å². The lowest BCUT2D eigenvalue weighted by Gasteiger charge is -1.98. The molecule has 0 unspecified atom stereocenters. The Hall–Kier alpha value is -0.370. The Morgan fingerprint density at radius 3 is 2.56 bits per heavy atom. The van der Waals surface area contributed by atoms with Gasteiger partial charge in [0.25, 0.3) is 0 Å². The molecule has 1 N–H and O–H groups in total. The van der Waals surface area contributed by atoms with Crippen LogP contribution in [0.15, 0.2) is 11.6 Å². The maximum Gasteiger partial charge on any atom is 0.126 e. The van der Waals surface area contributed by atoms with Crippen LogP contribution in [0.5, 0.6) is 0 Å². The van der Waals surface area contributed by atoms with E-state index in [1.54, 1.807) is 6.08 Å². The van der Waals surface area contributed by atoms with Crippen molar-refractivity contribution >= 4 is 0 Å². The monoisotopic (exact) mass is 132 g/mol. The summed E-state index contributed by atoms with van der Waals surface area (Å²) in [5.41, 5.74) is 1.09. The van der Waals surface area contributed by atoms with Crippen molar-refractivity contribution in [3.05, 3.63) is 11.6 Å². The van der Waals surface area contributed by atoms with Crippen LogP contribution in [-0.2, 0) is 0 Å². The summed E-state index contributed by atoms with van der Waals surface area (Å²) < 4.78 is 12.2. The zero-order valence-corrected chi connectivity index (χ0v) is 5.89. The van der Waals surface area contributed by atoms with E-state index in [1.165, 1.54) is 0 Å². The molecule has 0 aliphatic carbocycles. The highest BCUT2D eigenvalue weighted by Gasteiger charge is 1.99. The van der Waals surface area contributed by atoms with Crippen molar-refractivity contribution in [1.82, 2.24) is 0 Å². The predicted octanol–water partition coefficient (Wildman–Crippen LogP) is 1.67. The van der Waals surface area contributed by atoms with E-state index >= 15 is 0 Å². The van der Waals surface area contributed by atoms with Crippen molar-refractivity contribution in [1.29, 1.82) is 0 Å². The van der Waals surface area contributed by atoms with Crippen LogP contribution in [-0.4, -0.2) is 17.9 Å². The van der Waals surface area contributed by atoms with E-state index in [2.05, 4.69) is 0 Å². The van der Waals surface area contributed by atoms with Crippen molar-refractivity contribution in [3.63, 3.8) is 0 Å². The second-order valence-corrected chi connectivity index (χ2v) is 2.30. The fourth-order valence-corrected chi connectivity index (χ4v) is 0.438. The van der Waals surface area contributed by atoms with Crippen LogP contribution in [0.4, 0.5) is 4.39 Å². The SMILES string of the molecule is CC(C)=CC[C@@H](F)CO. The molecular formula is C7H13FO. The van der Waals surface area contributed by atoms with Crippen molar-refractivity contribution in [2.75, 3.05) is 6.61 Å². The fraction of sp³-hybridized carbons (Fsp3) is 0.714. The molecule has 54 valence electrons. The van der Waals surface area contributed by atoms with Gasteiger partial charge in [0.2, 0.25) is 0 Å². The highest BCUT2D eigenvalue weighted by molar-refractivity contribution is 4.93. The van der Waals surface area contributed by atoms with Gasteiger partial charge in [-0.2, -0.15) is 0 Å². The molecule has 0 radical (unpaired) electrons. The summed E-state index contributed by atoms with van der Waals surface area (Å²) >= 11 is 0. The van der Waals surface area contributed by atoms with Gasteiger partial charge < -0.3 is 5.11 Å². The molecule has 9 heavy (non-hydrogen) atoms. The van der Waals surface area contributed by atoms with Gasteiger partial charge in [0.15, 0.2) is 0 Å². The Kier molecular flexibility index (Phi) is 4.32. The molecule has 1 nitrogen and oxygen atoms in total. The second-order valence-electron chi connectivity index (χ2n) is 2.30. The molecule has 0 bridgehead atoms. The summed E-state index contributed by atoms with van der Waals surface area (Å²) in [6, 6.07) is 0. The minimum atomic E-state index is -1.08. The Morgan fingerprint density at radius 1 is 1.67 bits per heavy atom. The number of rotatable bonds is 3. The summed E-state index contributed by atoms with van der Waals surface area (Å²) in [6.45, 7) is 3.44. The highest BCUT2D eigenvalue weighted by Crippen LogP contribution is 2.00. The maximum absolute atomic E-state index is 12.2. The molecule has 0 spiro atoms. The van der Waals surface area contributed by atoms with Gasteiger partial charge in [-0.25, -0.2) is 4.39 Å². The molecule has 0 aromatic carbocycles. The van der Waals surface area contributed by atoms with E-state index in [4.69, 9.17) is 5.11 Å². The van der Waals surface area contributed by atoms with E-state index in [1.807, 2.05) is 13.8 Å². The first kappa shape index (κ1) is 8.63. The number of alkyl halides is 1. The molecule has 0 aromatic rings. The highest BCUT2D eigenvalue weighted by atomic mass is 19.1. The number of aliphatic hydroxyl groups is 1. The van der Waals surface area contributed by atoms with E-state index in [-0.39, 0.29) is 6.61 Å². The molecule has 0 aliphatic heterocycles. The van der Waals surface area contributed by atoms with Gasteiger partial charge in [-0.1, -0.05) is 11.6 Å². The Bertz CT molecular complexity index is 95.1. The number of aliphatic hydroxyl groups excluding tert-OH is 1. The lowest BCUT2D eigenvalue weighted by molar-refractivity contribution is 0.179. The number of hydrogen-bond acceptors (Lipinski definition) is 1. The molecule has 0 fully saturated rings. The first-order valence-electron chi connectivity index (χ1n) is 3.05. The van der Waals surface area contributed by atoms with Crippen LogP contribution < -0.4 is 0 Å². The summed E-state index contributed by atoms with van der Waals surface area (Å²) in [5, 5.41) is 8.24. The summed E-state index contributed by atoms with van der Waals surface area (Å²) in [6.07, 6.45) is 1.03. The second kappa shape index (κ2) is 4.50. The van der Waals surface area contributed by atoms with Crippen LogP contribution in [0.3, 0.4) is 0 Å². The smallest absolute Gasteiger partial charge is 0.126 e. The molecular weight excluding hydrogens is 119 g/mol. The van der Waals surface area contributed by atoms with E-state index in [0.29, 0.717) is 6.42 Å². The zero-order valence-electron chi connectivity index (χ0n) is 5.89. The average molecular weight is 132 g/mol. The molecule has 0 heterocycles. The molecule has 0 aliphatic rings. The molecule has 1 atom stereocenters. The van der Waals surface area contributed by atoms with Crippen LogP contribution >= 0.6 is 0 Å². The summed E-state index contributed by atoms with van der Waals surface area (Å²) in [7, 11) is 0. The fourth-order valence-electron chi connectivity index (χ4n) is 0.438. The largest absolute Gasteiger partial charge is 0.393 e. The minimum Gasteiger partial charge on any atom is -0.393 e. The third-order valence-electron chi connectivity index (χ3n) is 0.980. The van der Waals surface area contributed by atoms with Crippen LogP contribution in [0.25, 0.3) is 0 Å². The first-order chi connectivity index (χ1) is 4.16. The molecule has 0 amide bonds. The van der Waals surface area contributed by atoms with E-state index in [9.17, 15) is 4.39 Å². The van der Waals surface area contributed by atoms with Gasteiger partial charge in [-0.15, -0.1) is 0 Å². The third-order valence-corrected chi connectivity index (χ3v) is 0.980. The lowest BCUT2D eigenvalue weighted by atomic mass is 10.2. The van der Waals surface area contributed by atoms with Crippen LogP contribution in [0.2, 0.25) is 0 Å². The first-order valence-corrected chi connectivity index (χ1v) is 3.05. The van der Waals surface area contributed by atoms with E-state index < -0.39 is 6.17 Å². The molecule has 0 aromatic heterocycles. The van der Waals surface area contributed by atoms with Gasteiger partial charge >= 0.3 is 0 Å². The number of halogens is 1. The number of allylic oxidation sites excluding steroid dienone is 2. The Labute approximate surface area is 55.2 Å². The van der Waals surface area contributed by atoms with E-state index in [0.717, 1.165) is 5.57 Å². The normalized spacial score (nSPS) is 12.9. The van der Waals surface area contributed by atoms with Crippen molar-refractivity contribution in [2.45, 2.75) is 26.4 Å². The van der Waals surface area contributed by atoms with Gasteiger partial charge in [-0.05, 0) is 20.3 Å². The van der Waals surface area contributed by atoms with Gasteiger partial charge in [0.05, 0.1) is 6.61 Å². The minimum absolute atomic E-state index is 0.332. The Morgan fingerprint density at radius 2 is 2.22 bits per heavy atom. The maximum atomic E-state index is 12.2. The van der Waals surface area contributed by atoms with Crippen molar-refractivity contribution < 1.29 is 9.50 Å². The topological polar surface area (TPSA) is 20.2 Å². The third kappa shape index (κ3) is 5.50. The number of hydrogen-bond donors (Lipinski definition) is 1.